The van der Waals surface area contributed by atoms with E-state index in [0.29, 0.717) is 6.10 Å². The molecule has 0 aromatic carbocycles. The molecule has 0 radical (unpaired) electrons. The maximum Gasteiger partial charge on any atom is 0.123 e. The van der Waals surface area contributed by atoms with Gasteiger partial charge in [0.1, 0.15) is 5.75 Å². The van der Waals surface area contributed by atoms with E-state index in [1.54, 1.807) is 0 Å². The first kappa shape index (κ1) is 13.3. The van der Waals surface area contributed by atoms with E-state index in [1.807, 2.05) is 12.3 Å². The van der Waals surface area contributed by atoms with Gasteiger partial charge in [0.05, 0.1) is 11.8 Å². The van der Waals surface area contributed by atoms with Crippen molar-refractivity contribution in [3.8, 4) is 5.75 Å². The molecule has 1 aliphatic carbocycles. The lowest BCUT2D eigenvalue weighted by Gasteiger charge is -2.20. The highest BCUT2D eigenvalue weighted by atomic mass is 16.5. The van der Waals surface area contributed by atoms with Crippen LogP contribution in [0.1, 0.15) is 52.1 Å². The van der Waals surface area contributed by atoms with Gasteiger partial charge in [-0.05, 0) is 52.5 Å². The maximum absolute atomic E-state index is 5.98. The van der Waals surface area contributed by atoms with Gasteiger partial charge in [0.25, 0.3) is 0 Å². The highest BCUT2D eigenvalue weighted by Gasteiger charge is 2.16. The molecule has 3 nitrogen and oxygen atoms in total. The molecule has 1 aromatic heterocycles. The minimum Gasteiger partial charge on any atom is -0.490 e. The number of nitrogens with one attached hydrogen (secondary N) is 1. The summed E-state index contributed by atoms with van der Waals surface area (Å²) in [5.41, 5.74) is 1.16. The molecular formula is C15H24N2O. The molecule has 1 fully saturated rings. The third-order valence-corrected chi connectivity index (χ3v) is 3.19. The Morgan fingerprint density at radius 2 is 2.06 bits per heavy atom. The quantitative estimate of drug-likeness (QED) is 0.887. The second-order valence-electron chi connectivity index (χ2n) is 6.11. The summed E-state index contributed by atoms with van der Waals surface area (Å²) in [4.78, 5) is 4.37. The van der Waals surface area contributed by atoms with E-state index in [0.717, 1.165) is 18.0 Å². The van der Waals surface area contributed by atoms with Gasteiger partial charge < -0.3 is 10.1 Å². The van der Waals surface area contributed by atoms with Crippen LogP contribution in [0, 0.1) is 0 Å². The van der Waals surface area contributed by atoms with Gasteiger partial charge in [0.15, 0.2) is 0 Å². The van der Waals surface area contributed by atoms with Crippen LogP contribution in [0.5, 0.6) is 5.75 Å². The molecule has 0 aliphatic heterocycles. The summed E-state index contributed by atoms with van der Waals surface area (Å²) in [5.74, 6) is 0.961. The van der Waals surface area contributed by atoms with Crippen molar-refractivity contribution in [2.45, 2.75) is 64.6 Å². The van der Waals surface area contributed by atoms with Crippen LogP contribution in [0.2, 0.25) is 0 Å². The van der Waals surface area contributed by atoms with Crippen molar-refractivity contribution in [3.05, 3.63) is 24.0 Å². The van der Waals surface area contributed by atoms with Gasteiger partial charge in [-0.1, -0.05) is 0 Å². The Balaban J connectivity index is 1.92. The van der Waals surface area contributed by atoms with Crippen molar-refractivity contribution in [2.24, 2.45) is 0 Å². The Kier molecular flexibility index (Phi) is 4.23. The van der Waals surface area contributed by atoms with Crippen LogP contribution in [-0.4, -0.2) is 16.6 Å². The van der Waals surface area contributed by atoms with Crippen molar-refractivity contribution in [2.75, 3.05) is 0 Å². The first-order valence-electron chi connectivity index (χ1n) is 6.89. The molecule has 0 saturated heterocycles. The lowest BCUT2D eigenvalue weighted by atomic mass is 10.1. The average molecular weight is 248 g/mol. The van der Waals surface area contributed by atoms with E-state index in [1.165, 1.54) is 25.7 Å². The molecule has 18 heavy (non-hydrogen) atoms. The van der Waals surface area contributed by atoms with Gasteiger partial charge in [-0.25, -0.2) is 0 Å². The molecule has 1 aliphatic rings. The van der Waals surface area contributed by atoms with Crippen LogP contribution in [0.15, 0.2) is 18.3 Å². The lowest BCUT2D eigenvalue weighted by molar-refractivity contribution is 0.209. The molecule has 100 valence electrons. The average Bonchev–Trinajstić information content (AvgIpc) is 2.79. The van der Waals surface area contributed by atoms with Crippen molar-refractivity contribution < 1.29 is 4.74 Å². The fraction of sp³-hybridized carbons (Fsp3) is 0.667. The Morgan fingerprint density at radius 3 is 2.72 bits per heavy atom. The summed E-state index contributed by atoms with van der Waals surface area (Å²) in [6.07, 6.45) is 7.23. The number of nitrogens with zero attached hydrogens (tertiary/aromatic N) is 1. The molecule has 1 saturated carbocycles. The minimum atomic E-state index is 0.115. The topological polar surface area (TPSA) is 34.1 Å². The van der Waals surface area contributed by atoms with Crippen LogP contribution >= 0.6 is 0 Å². The normalized spacial score (nSPS) is 17.1. The molecule has 0 bridgehead atoms. The van der Waals surface area contributed by atoms with E-state index < -0.39 is 0 Å². The van der Waals surface area contributed by atoms with Gasteiger partial charge >= 0.3 is 0 Å². The zero-order valence-electron chi connectivity index (χ0n) is 11.7. The zero-order valence-corrected chi connectivity index (χ0v) is 11.7. The first-order valence-corrected chi connectivity index (χ1v) is 6.89. The van der Waals surface area contributed by atoms with E-state index in [4.69, 9.17) is 4.74 Å². The number of hydrogen-bond donors (Lipinski definition) is 1. The predicted octanol–water partition coefficient (Wildman–Crippen LogP) is 3.29. The second-order valence-corrected chi connectivity index (χ2v) is 6.11. The van der Waals surface area contributed by atoms with Gasteiger partial charge in [-0.3, -0.25) is 4.98 Å². The van der Waals surface area contributed by atoms with Gasteiger partial charge in [-0.15, -0.1) is 0 Å². The number of aromatic nitrogens is 1. The second kappa shape index (κ2) is 5.70. The molecular weight excluding hydrogens is 224 g/mol. The zero-order chi connectivity index (χ0) is 13.0. The molecule has 0 amide bonds. The molecule has 2 rings (SSSR count). The monoisotopic (exact) mass is 248 g/mol. The number of ether oxygens (including phenoxy) is 1. The number of hydrogen-bond acceptors (Lipinski definition) is 3. The van der Waals surface area contributed by atoms with Crippen LogP contribution in [0.4, 0.5) is 0 Å². The molecule has 0 spiro atoms. The number of rotatable bonds is 4. The van der Waals surface area contributed by atoms with Crippen LogP contribution in [0.3, 0.4) is 0 Å². The number of pyridine rings is 1. The van der Waals surface area contributed by atoms with Gasteiger partial charge in [0.2, 0.25) is 0 Å². The predicted molar refractivity (Wildman–Crippen MR) is 73.7 cm³/mol. The van der Waals surface area contributed by atoms with Crippen molar-refractivity contribution in [3.63, 3.8) is 0 Å². The first-order chi connectivity index (χ1) is 8.53. The van der Waals surface area contributed by atoms with Crippen LogP contribution in [0.25, 0.3) is 0 Å². The van der Waals surface area contributed by atoms with Gasteiger partial charge in [0, 0.05) is 24.3 Å². The largest absolute Gasteiger partial charge is 0.490 e. The fourth-order valence-corrected chi connectivity index (χ4v) is 2.18. The molecule has 0 atom stereocenters. The molecule has 0 unspecified atom stereocenters. The summed E-state index contributed by atoms with van der Waals surface area (Å²) in [6.45, 7) is 7.26. The summed E-state index contributed by atoms with van der Waals surface area (Å²) < 4.78 is 5.98. The van der Waals surface area contributed by atoms with Crippen molar-refractivity contribution in [1.82, 2.24) is 10.3 Å². The van der Waals surface area contributed by atoms with Crippen molar-refractivity contribution in [1.29, 1.82) is 0 Å². The third kappa shape index (κ3) is 4.30. The van der Waals surface area contributed by atoms with Gasteiger partial charge in [-0.2, -0.15) is 0 Å². The highest BCUT2D eigenvalue weighted by Crippen LogP contribution is 2.24. The SMILES string of the molecule is CC(C)(C)NCc1cc(OC2CCCC2)ccn1. The van der Waals surface area contributed by atoms with Crippen LogP contribution in [-0.2, 0) is 6.54 Å². The van der Waals surface area contributed by atoms with E-state index in [9.17, 15) is 0 Å². The lowest BCUT2D eigenvalue weighted by Crippen LogP contribution is -2.35. The maximum atomic E-state index is 5.98. The molecule has 1 aromatic rings. The fourth-order valence-electron chi connectivity index (χ4n) is 2.18. The van der Waals surface area contributed by atoms with E-state index in [2.05, 4.69) is 37.1 Å². The highest BCUT2D eigenvalue weighted by molar-refractivity contribution is 5.23. The minimum absolute atomic E-state index is 0.115. The summed E-state index contributed by atoms with van der Waals surface area (Å²) in [7, 11) is 0. The standard InChI is InChI=1S/C15H24N2O/c1-15(2,3)17-11-12-10-14(8-9-16-12)18-13-6-4-5-7-13/h8-10,13,17H,4-7,11H2,1-3H3. The summed E-state index contributed by atoms with van der Waals surface area (Å²) >= 11 is 0. The van der Waals surface area contributed by atoms with E-state index in [-0.39, 0.29) is 5.54 Å². The van der Waals surface area contributed by atoms with Crippen LogP contribution < -0.4 is 10.1 Å². The van der Waals surface area contributed by atoms with E-state index >= 15 is 0 Å². The Bertz CT molecular complexity index is 378. The molecule has 3 heteroatoms. The Labute approximate surface area is 110 Å². The molecule has 1 N–H and O–H groups in total. The Morgan fingerprint density at radius 1 is 1.33 bits per heavy atom. The summed E-state index contributed by atoms with van der Waals surface area (Å²) in [5, 5.41) is 3.44. The molecule has 1 heterocycles. The smallest absolute Gasteiger partial charge is 0.123 e. The Hall–Kier alpha value is -1.09. The van der Waals surface area contributed by atoms with Crippen molar-refractivity contribution >= 4 is 0 Å². The third-order valence-electron chi connectivity index (χ3n) is 3.19. The summed E-state index contributed by atoms with van der Waals surface area (Å²) in [6, 6.07) is 4.01.